The van der Waals surface area contributed by atoms with E-state index in [4.69, 9.17) is 16.7 Å². The first-order valence-electron chi connectivity index (χ1n) is 4.02. The molecule has 1 heterocycles. The lowest BCUT2D eigenvalue weighted by atomic mass is 10.2. The first-order chi connectivity index (χ1) is 5.65. The third kappa shape index (κ3) is 1.99. The Morgan fingerprint density at radius 2 is 2.42 bits per heavy atom. The van der Waals surface area contributed by atoms with E-state index in [-0.39, 0.29) is 6.10 Å². The molecule has 1 rings (SSSR count). The van der Waals surface area contributed by atoms with Crippen LogP contribution in [0.4, 0.5) is 0 Å². The molecule has 68 valence electrons. The second-order valence-electron chi connectivity index (χ2n) is 2.82. The van der Waals surface area contributed by atoms with E-state index >= 15 is 0 Å². The zero-order chi connectivity index (χ0) is 9.14. The molecule has 0 bridgehead atoms. The zero-order valence-electron chi connectivity index (χ0n) is 7.29. The predicted molar refractivity (Wildman–Crippen MR) is 48.3 cm³/mol. The van der Waals surface area contributed by atoms with Crippen molar-refractivity contribution in [1.82, 2.24) is 9.55 Å². The molecule has 0 aromatic carbocycles. The number of hydrogen-bond acceptors (Lipinski definition) is 2. The van der Waals surface area contributed by atoms with Gasteiger partial charge in [-0.2, -0.15) is 0 Å². The summed E-state index contributed by atoms with van der Waals surface area (Å²) in [4.78, 5) is 3.96. The first-order valence-corrected chi connectivity index (χ1v) is 4.40. The monoisotopic (exact) mass is 188 g/mol. The van der Waals surface area contributed by atoms with Crippen molar-refractivity contribution in [2.24, 2.45) is 0 Å². The number of nitrogens with zero attached hydrogens (tertiary/aromatic N) is 2. The maximum atomic E-state index is 9.17. The summed E-state index contributed by atoms with van der Waals surface area (Å²) in [6, 6.07) is 0. The minimum atomic E-state index is -0.371. The molecule has 0 spiro atoms. The van der Waals surface area contributed by atoms with Gasteiger partial charge in [-0.05, 0) is 13.8 Å². The van der Waals surface area contributed by atoms with Gasteiger partial charge in [0.25, 0.3) is 0 Å². The van der Waals surface area contributed by atoms with Gasteiger partial charge in [0.05, 0.1) is 18.1 Å². The van der Waals surface area contributed by atoms with Crippen LogP contribution in [0.25, 0.3) is 0 Å². The van der Waals surface area contributed by atoms with E-state index in [2.05, 4.69) is 4.98 Å². The van der Waals surface area contributed by atoms with Gasteiger partial charge in [0.2, 0.25) is 0 Å². The SMILES string of the molecule is CCn1cnc(Cl)c1CC(C)O. The number of aliphatic hydroxyl groups is 1. The summed E-state index contributed by atoms with van der Waals surface area (Å²) in [7, 11) is 0. The van der Waals surface area contributed by atoms with Crippen LogP contribution in [-0.2, 0) is 13.0 Å². The summed E-state index contributed by atoms with van der Waals surface area (Å²) in [5, 5.41) is 9.67. The van der Waals surface area contributed by atoms with Crippen molar-refractivity contribution in [3.05, 3.63) is 17.2 Å². The lowest BCUT2D eigenvalue weighted by Crippen LogP contribution is -2.09. The highest BCUT2D eigenvalue weighted by Gasteiger charge is 2.09. The van der Waals surface area contributed by atoms with Gasteiger partial charge < -0.3 is 9.67 Å². The Labute approximate surface area is 77.0 Å². The average Bonchev–Trinajstić information content (AvgIpc) is 2.32. The maximum Gasteiger partial charge on any atom is 0.150 e. The van der Waals surface area contributed by atoms with Crippen molar-refractivity contribution in [3.8, 4) is 0 Å². The molecule has 1 aromatic rings. The summed E-state index contributed by atoms with van der Waals surface area (Å²) in [6.45, 7) is 4.59. The van der Waals surface area contributed by atoms with E-state index in [1.807, 2.05) is 11.5 Å². The van der Waals surface area contributed by atoms with E-state index in [9.17, 15) is 0 Å². The van der Waals surface area contributed by atoms with E-state index in [1.165, 1.54) is 0 Å². The number of imidazole rings is 1. The van der Waals surface area contributed by atoms with Crippen molar-refractivity contribution in [3.63, 3.8) is 0 Å². The molecular formula is C8H13ClN2O. The van der Waals surface area contributed by atoms with Crippen molar-refractivity contribution < 1.29 is 5.11 Å². The fraction of sp³-hybridized carbons (Fsp3) is 0.625. The highest BCUT2D eigenvalue weighted by molar-refractivity contribution is 6.30. The van der Waals surface area contributed by atoms with E-state index < -0.39 is 0 Å². The zero-order valence-corrected chi connectivity index (χ0v) is 8.04. The van der Waals surface area contributed by atoms with Crippen LogP contribution in [0.5, 0.6) is 0 Å². The van der Waals surface area contributed by atoms with Gasteiger partial charge in [0, 0.05) is 13.0 Å². The van der Waals surface area contributed by atoms with Crippen LogP contribution in [0, 0.1) is 0 Å². The number of halogens is 1. The van der Waals surface area contributed by atoms with Crippen molar-refractivity contribution in [1.29, 1.82) is 0 Å². The molecular weight excluding hydrogens is 176 g/mol. The molecule has 1 atom stereocenters. The number of aromatic nitrogens is 2. The highest BCUT2D eigenvalue weighted by atomic mass is 35.5. The molecule has 0 saturated heterocycles. The fourth-order valence-corrected chi connectivity index (χ4v) is 1.37. The molecule has 0 aliphatic heterocycles. The van der Waals surface area contributed by atoms with Crippen molar-refractivity contribution >= 4 is 11.6 Å². The molecule has 3 nitrogen and oxygen atoms in total. The molecule has 0 fully saturated rings. The molecule has 0 aliphatic rings. The van der Waals surface area contributed by atoms with Crippen LogP contribution in [0.3, 0.4) is 0 Å². The van der Waals surface area contributed by atoms with Crippen LogP contribution in [0.1, 0.15) is 19.5 Å². The molecule has 4 heteroatoms. The van der Waals surface area contributed by atoms with Gasteiger partial charge in [-0.25, -0.2) is 4.98 Å². The van der Waals surface area contributed by atoms with Crippen LogP contribution in [0.15, 0.2) is 6.33 Å². The summed E-state index contributed by atoms with van der Waals surface area (Å²) in [5.74, 6) is 0. The standard InChI is InChI=1S/C8H13ClN2O/c1-3-11-5-10-8(9)7(11)4-6(2)12/h5-6,12H,3-4H2,1-2H3. The molecule has 0 saturated carbocycles. The minimum absolute atomic E-state index is 0.371. The molecule has 1 unspecified atom stereocenters. The molecule has 12 heavy (non-hydrogen) atoms. The second-order valence-corrected chi connectivity index (χ2v) is 3.18. The predicted octanol–water partition coefficient (Wildman–Crippen LogP) is 1.48. The van der Waals surface area contributed by atoms with Crippen LogP contribution < -0.4 is 0 Å². The lowest BCUT2D eigenvalue weighted by Gasteiger charge is -2.07. The van der Waals surface area contributed by atoms with Crippen molar-refractivity contribution in [2.45, 2.75) is 32.9 Å². The van der Waals surface area contributed by atoms with E-state index in [0.717, 1.165) is 12.2 Å². The Morgan fingerprint density at radius 1 is 1.75 bits per heavy atom. The summed E-state index contributed by atoms with van der Waals surface area (Å²) in [6.07, 6.45) is 1.89. The largest absolute Gasteiger partial charge is 0.393 e. The number of rotatable bonds is 3. The van der Waals surface area contributed by atoms with Gasteiger partial charge in [-0.3, -0.25) is 0 Å². The normalized spacial score (nSPS) is 13.3. The third-order valence-electron chi connectivity index (χ3n) is 1.72. The van der Waals surface area contributed by atoms with Gasteiger partial charge in [-0.1, -0.05) is 11.6 Å². The molecule has 0 amide bonds. The lowest BCUT2D eigenvalue weighted by molar-refractivity contribution is 0.193. The Kier molecular flexibility index (Phi) is 3.12. The van der Waals surface area contributed by atoms with Crippen molar-refractivity contribution in [2.75, 3.05) is 0 Å². The van der Waals surface area contributed by atoms with Gasteiger partial charge in [0.15, 0.2) is 0 Å². The molecule has 0 aliphatic carbocycles. The van der Waals surface area contributed by atoms with Gasteiger partial charge in [-0.15, -0.1) is 0 Å². The topological polar surface area (TPSA) is 38.0 Å². The number of hydrogen-bond donors (Lipinski definition) is 1. The Balaban J connectivity index is 2.86. The van der Waals surface area contributed by atoms with Gasteiger partial charge in [0.1, 0.15) is 5.15 Å². The average molecular weight is 189 g/mol. The Hall–Kier alpha value is -0.540. The van der Waals surface area contributed by atoms with Crippen LogP contribution in [-0.4, -0.2) is 20.8 Å². The summed E-state index contributed by atoms with van der Waals surface area (Å²) in [5.41, 5.74) is 0.911. The molecule has 1 N–H and O–H groups in total. The Bertz CT molecular complexity index is 258. The molecule has 1 aromatic heterocycles. The van der Waals surface area contributed by atoms with Crippen LogP contribution >= 0.6 is 11.6 Å². The number of aryl methyl sites for hydroxylation is 1. The van der Waals surface area contributed by atoms with E-state index in [1.54, 1.807) is 13.3 Å². The minimum Gasteiger partial charge on any atom is -0.393 e. The first kappa shape index (κ1) is 9.55. The van der Waals surface area contributed by atoms with Crippen LogP contribution in [0.2, 0.25) is 5.15 Å². The number of aliphatic hydroxyl groups excluding tert-OH is 1. The summed E-state index contributed by atoms with van der Waals surface area (Å²) >= 11 is 5.82. The Morgan fingerprint density at radius 3 is 2.92 bits per heavy atom. The molecule has 0 radical (unpaired) electrons. The van der Waals surface area contributed by atoms with E-state index in [0.29, 0.717) is 11.6 Å². The smallest absolute Gasteiger partial charge is 0.150 e. The third-order valence-corrected chi connectivity index (χ3v) is 2.04. The fourth-order valence-electron chi connectivity index (χ4n) is 1.14. The highest BCUT2D eigenvalue weighted by Crippen LogP contribution is 2.15. The maximum absolute atomic E-state index is 9.17. The van der Waals surface area contributed by atoms with Gasteiger partial charge >= 0.3 is 0 Å². The summed E-state index contributed by atoms with van der Waals surface area (Å²) < 4.78 is 1.94. The quantitative estimate of drug-likeness (QED) is 0.781. The second kappa shape index (κ2) is 3.92.